The highest BCUT2D eigenvalue weighted by atomic mass is 16.5. The number of piperazine rings is 1. The number of rotatable bonds is 5. The van der Waals surface area contributed by atoms with Crippen LogP contribution in [0.1, 0.15) is 32.4 Å². The Balaban J connectivity index is 1.93. The number of ether oxygens (including phenoxy) is 1. The molecule has 1 saturated heterocycles. The summed E-state index contributed by atoms with van der Waals surface area (Å²) in [7, 11) is 2.18. The Morgan fingerprint density at radius 2 is 1.76 bits per heavy atom. The van der Waals surface area contributed by atoms with Crippen LogP contribution in [0.25, 0.3) is 0 Å². The molecule has 2 rings (SSSR count). The van der Waals surface area contributed by atoms with Crippen molar-refractivity contribution >= 4 is 0 Å². The van der Waals surface area contributed by atoms with Gasteiger partial charge in [0.1, 0.15) is 5.75 Å². The molecule has 4 nitrogen and oxygen atoms in total. The molecule has 118 valence electrons. The fraction of sp³-hybridized carbons (Fsp3) is 0.647. The highest BCUT2D eigenvalue weighted by molar-refractivity contribution is 5.28. The summed E-state index contributed by atoms with van der Waals surface area (Å²) < 4.78 is 5.43. The number of hydrogen-bond acceptors (Lipinski definition) is 4. The monoisotopic (exact) mass is 292 g/mol. The van der Waals surface area contributed by atoms with E-state index < -0.39 is 6.10 Å². The largest absolute Gasteiger partial charge is 0.494 e. The first-order chi connectivity index (χ1) is 10.0. The first-order valence-electron chi connectivity index (χ1n) is 7.86. The van der Waals surface area contributed by atoms with E-state index in [1.54, 1.807) is 0 Å². The van der Waals surface area contributed by atoms with Crippen molar-refractivity contribution in [1.29, 1.82) is 0 Å². The minimum Gasteiger partial charge on any atom is -0.494 e. The molecule has 0 spiro atoms. The van der Waals surface area contributed by atoms with Crippen LogP contribution in [0.5, 0.6) is 5.75 Å². The van der Waals surface area contributed by atoms with E-state index >= 15 is 0 Å². The van der Waals surface area contributed by atoms with Crippen LogP contribution < -0.4 is 4.74 Å². The molecular formula is C17H28N2O2. The number of aliphatic hydroxyl groups excluding tert-OH is 1. The van der Waals surface area contributed by atoms with Gasteiger partial charge in [-0.3, -0.25) is 9.80 Å². The summed E-state index contributed by atoms with van der Waals surface area (Å²) in [6, 6.07) is 8.83. The van der Waals surface area contributed by atoms with Crippen LogP contribution in [0, 0.1) is 0 Å². The normalized spacial score (nSPS) is 25.8. The van der Waals surface area contributed by atoms with Crippen LogP contribution in [0.4, 0.5) is 0 Å². The zero-order chi connectivity index (χ0) is 15.4. The molecule has 0 aliphatic carbocycles. The predicted molar refractivity (Wildman–Crippen MR) is 85.7 cm³/mol. The molecule has 1 fully saturated rings. The van der Waals surface area contributed by atoms with E-state index in [0.29, 0.717) is 25.2 Å². The lowest BCUT2D eigenvalue weighted by atomic mass is 10.1. The highest BCUT2D eigenvalue weighted by Crippen LogP contribution is 2.21. The van der Waals surface area contributed by atoms with Gasteiger partial charge in [-0.2, -0.15) is 0 Å². The van der Waals surface area contributed by atoms with Crippen LogP contribution >= 0.6 is 0 Å². The lowest BCUT2D eigenvalue weighted by Crippen LogP contribution is -2.55. The van der Waals surface area contributed by atoms with Crippen LogP contribution in [-0.4, -0.2) is 60.3 Å². The minimum atomic E-state index is -0.441. The molecule has 0 bridgehead atoms. The lowest BCUT2D eigenvalue weighted by molar-refractivity contribution is 0.0282. The van der Waals surface area contributed by atoms with Crippen LogP contribution in [0.3, 0.4) is 0 Å². The van der Waals surface area contributed by atoms with Crippen molar-refractivity contribution in [3.05, 3.63) is 29.8 Å². The fourth-order valence-electron chi connectivity index (χ4n) is 2.97. The zero-order valence-corrected chi connectivity index (χ0v) is 13.6. The van der Waals surface area contributed by atoms with Crippen molar-refractivity contribution in [2.75, 3.05) is 33.3 Å². The van der Waals surface area contributed by atoms with Crippen molar-refractivity contribution in [3.63, 3.8) is 0 Å². The Labute approximate surface area is 128 Å². The number of aliphatic hydroxyl groups is 1. The number of hydrogen-bond donors (Lipinski definition) is 1. The molecule has 1 aliphatic heterocycles. The van der Waals surface area contributed by atoms with E-state index in [1.165, 1.54) is 0 Å². The average molecular weight is 292 g/mol. The van der Waals surface area contributed by atoms with Gasteiger partial charge in [0.15, 0.2) is 0 Å². The van der Waals surface area contributed by atoms with E-state index in [-0.39, 0.29) is 0 Å². The molecule has 21 heavy (non-hydrogen) atoms. The Bertz CT molecular complexity index is 423. The molecule has 0 radical (unpaired) electrons. The summed E-state index contributed by atoms with van der Waals surface area (Å²) in [6.45, 7) is 9.83. The van der Waals surface area contributed by atoms with E-state index in [2.05, 4.69) is 30.7 Å². The second-order valence-corrected chi connectivity index (χ2v) is 6.10. The maximum absolute atomic E-state index is 10.4. The predicted octanol–water partition coefficient (Wildman–Crippen LogP) is 2.14. The third kappa shape index (κ3) is 4.19. The average Bonchev–Trinajstić information content (AvgIpc) is 2.45. The second kappa shape index (κ2) is 7.25. The maximum atomic E-state index is 10.4. The first-order valence-corrected chi connectivity index (χ1v) is 7.86. The van der Waals surface area contributed by atoms with Gasteiger partial charge < -0.3 is 9.84 Å². The molecule has 1 aromatic carbocycles. The SMILES string of the molecule is CCOc1ccc(C(O)CN2CC(C)N(C)C(C)C2)cc1. The number of benzene rings is 1. The molecule has 3 atom stereocenters. The minimum absolute atomic E-state index is 0.441. The Morgan fingerprint density at radius 3 is 2.29 bits per heavy atom. The quantitative estimate of drug-likeness (QED) is 0.902. The Hall–Kier alpha value is -1.10. The second-order valence-electron chi connectivity index (χ2n) is 6.10. The topological polar surface area (TPSA) is 35.9 Å². The van der Waals surface area contributed by atoms with Gasteiger partial charge in [0.25, 0.3) is 0 Å². The number of β-amino-alcohol motifs (C(OH)–C–C–N with tert-alkyl or cyclic N) is 1. The summed E-state index contributed by atoms with van der Waals surface area (Å²) in [5, 5.41) is 10.4. The molecule has 1 heterocycles. The third-order valence-electron chi connectivity index (χ3n) is 4.44. The van der Waals surface area contributed by atoms with Crippen molar-refractivity contribution in [2.24, 2.45) is 0 Å². The lowest BCUT2D eigenvalue weighted by Gasteiger charge is -2.43. The van der Waals surface area contributed by atoms with Crippen LogP contribution in [-0.2, 0) is 0 Å². The number of nitrogens with zero attached hydrogens (tertiary/aromatic N) is 2. The molecule has 0 saturated carbocycles. The summed E-state index contributed by atoms with van der Waals surface area (Å²) in [6.07, 6.45) is -0.441. The van der Waals surface area contributed by atoms with Crippen molar-refractivity contribution in [2.45, 2.75) is 39.0 Å². The van der Waals surface area contributed by atoms with Gasteiger partial charge in [0.2, 0.25) is 0 Å². The summed E-state index contributed by atoms with van der Waals surface area (Å²) >= 11 is 0. The van der Waals surface area contributed by atoms with E-state index in [0.717, 1.165) is 24.4 Å². The highest BCUT2D eigenvalue weighted by Gasteiger charge is 2.27. The third-order valence-corrected chi connectivity index (χ3v) is 4.44. The molecule has 0 amide bonds. The molecule has 0 aromatic heterocycles. The van der Waals surface area contributed by atoms with Gasteiger partial charge in [-0.05, 0) is 45.5 Å². The summed E-state index contributed by atoms with van der Waals surface area (Å²) in [4.78, 5) is 4.76. The Kier molecular flexibility index (Phi) is 5.62. The first kappa shape index (κ1) is 16.3. The van der Waals surface area contributed by atoms with Gasteiger partial charge in [0, 0.05) is 31.7 Å². The molecule has 3 unspecified atom stereocenters. The van der Waals surface area contributed by atoms with Gasteiger partial charge in [-0.25, -0.2) is 0 Å². The molecule has 4 heteroatoms. The molecule has 1 N–H and O–H groups in total. The van der Waals surface area contributed by atoms with Crippen LogP contribution in [0.2, 0.25) is 0 Å². The maximum Gasteiger partial charge on any atom is 0.119 e. The van der Waals surface area contributed by atoms with Gasteiger partial charge in [0.05, 0.1) is 12.7 Å². The molecule has 1 aromatic rings. The van der Waals surface area contributed by atoms with Gasteiger partial charge >= 0.3 is 0 Å². The standard InChI is InChI=1S/C17H28N2O2/c1-5-21-16-8-6-15(7-9-16)17(20)12-19-10-13(2)18(4)14(3)11-19/h6-9,13-14,17,20H,5,10-12H2,1-4H3. The molecule has 1 aliphatic rings. The van der Waals surface area contributed by atoms with Gasteiger partial charge in [-0.15, -0.1) is 0 Å². The fourth-order valence-corrected chi connectivity index (χ4v) is 2.97. The van der Waals surface area contributed by atoms with E-state index in [9.17, 15) is 5.11 Å². The van der Waals surface area contributed by atoms with Gasteiger partial charge in [-0.1, -0.05) is 12.1 Å². The molecular weight excluding hydrogens is 264 g/mol. The van der Waals surface area contributed by atoms with Crippen LogP contribution in [0.15, 0.2) is 24.3 Å². The summed E-state index contributed by atoms with van der Waals surface area (Å²) in [5.74, 6) is 0.857. The van der Waals surface area contributed by atoms with E-state index in [4.69, 9.17) is 4.74 Å². The van der Waals surface area contributed by atoms with Crippen molar-refractivity contribution in [1.82, 2.24) is 9.80 Å². The Morgan fingerprint density at radius 1 is 1.19 bits per heavy atom. The van der Waals surface area contributed by atoms with Crippen molar-refractivity contribution < 1.29 is 9.84 Å². The summed E-state index contributed by atoms with van der Waals surface area (Å²) in [5.41, 5.74) is 0.956. The van der Waals surface area contributed by atoms with E-state index in [1.807, 2.05) is 31.2 Å². The van der Waals surface area contributed by atoms with Crippen molar-refractivity contribution in [3.8, 4) is 5.75 Å². The number of likely N-dealkylation sites (N-methyl/N-ethyl adjacent to an activating group) is 1. The zero-order valence-electron chi connectivity index (χ0n) is 13.6. The smallest absolute Gasteiger partial charge is 0.119 e.